The predicted octanol–water partition coefficient (Wildman–Crippen LogP) is 2.86. The molecule has 0 spiro atoms. The molecule has 0 aromatic carbocycles. The zero-order valence-electron chi connectivity index (χ0n) is 8.35. The van der Waals surface area contributed by atoms with Crippen molar-refractivity contribution in [2.24, 2.45) is 0 Å². The fourth-order valence-electron chi connectivity index (χ4n) is 0.794. The highest BCUT2D eigenvalue weighted by Crippen LogP contribution is 2.55. The van der Waals surface area contributed by atoms with E-state index in [0.717, 1.165) is 0 Å². The molecule has 0 amide bonds. The van der Waals surface area contributed by atoms with E-state index in [9.17, 15) is 9.13 Å². The smallest absolute Gasteiger partial charge is 0.383 e. The molecule has 1 heterocycles. The van der Waals surface area contributed by atoms with Gasteiger partial charge in [-0.3, -0.25) is 4.52 Å². The van der Waals surface area contributed by atoms with E-state index in [1.165, 1.54) is 18.9 Å². The minimum atomic E-state index is -3.92. The number of rotatable bonds is 6. The van der Waals surface area contributed by atoms with Crippen LogP contribution in [-0.2, 0) is 18.0 Å². The van der Waals surface area contributed by atoms with Crippen molar-refractivity contribution in [3.8, 4) is 5.88 Å². The van der Waals surface area contributed by atoms with Crippen LogP contribution in [0.25, 0.3) is 0 Å². The molecule has 9 heteroatoms. The molecule has 0 saturated carbocycles. The Balaban J connectivity index is 2.79. The number of thiol groups is 1. The minimum Gasteiger partial charge on any atom is -0.383 e. The van der Waals surface area contributed by atoms with Crippen LogP contribution in [0, 0.1) is 0 Å². The maximum Gasteiger partial charge on any atom is 0.575 e. The lowest BCUT2D eigenvalue weighted by atomic mass is 10.5. The zero-order chi connectivity index (χ0) is 12.0. The Morgan fingerprint density at radius 1 is 1.56 bits per heavy atom. The topological polar surface area (TPSA) is 74.7 Å². The highest BCUT2D eigenvalue weighted by molar-refractivity contribution is 7.80. The molecule has 1 aromatic heterocycles. The summed E-state index contributed by atoms with van der Waals surface area (Å²) in [5.41, 5.74) is 0. The first-order chi connectivity index (χ1) is 7.56. The van der Waals surface area contributed by atoms with Crippen LogP contribution in [0.1, 0.15) is 0 Å². The van der Waals surface area contributed by atoms with Gasteiger partial charge >= 0.3 is 15.9 Å². The second kappa shape index (κ2) is 6.33. The molecule has 6 nitrogen and oxygen atoms in total. The third-order valence-corrected chi connectivity index (χ3v) is 4.18. The first-order valence-electron chi connectivity index (χ1n) is 4.12. The Kier molecular flexibility index (Phi) is 5.38. The largest absolute Gasteiger partial charge is 0.575 e. The highest BCUT2D eigenvalue weighted by Gasteiger charge is 2.38. The first-order valence-corrected chi connectivity index (χ1v) is 7.84. The molecular weight excluding hydrogens is 272 g/mol. The van der Waals surface area contributed by atoms with Crippen molar-refractivity contribution >= 4 is 28.5 Å². The number of phosphoric ester groups is 1. The molecule has 0 saturated heterocycles. The van der Waals surface area contributed by atoms with Gasteiger partial charge in [0.25, 0.3) is 0 Å². The van der Waals surface area contributed by atoms with E-state index in [1.54, 1.807) is 12.1 Å². The number of pyridine rings is 1. The zero-order valence-corrected chi connectivity index (χ0v) is 11.0. The van der Waals surface area contributed by atoms with Gasteiger partial charge < -0.3 is 4.52 Å². The van der Waals surface area contributed by atoms with Gasteiger partial charge in [-0.05, 0) is 14.9 Å². The molecular formula is C7H10NO5P2S+. The number of hydrogen-bond acceptors (Lipinski definition) is 7. The highest BCUT2D eigenvalue weighted by atomic mass is 32.1. The number of hydrogen-bond donors (Lipinski definition) is 1. The van der Waals surface area contributed by atoms with E-state index < -0.39 is 15.9 Å². The second-order valence-electron chi connectivity index (χ2n) is 2.49. The molecule has 0 bridgehead atoms. The Morgan fingerprint density at radius 3 is 2.81 bits per heavy atom. The quantitative estimate of drug-likeness (QED) is 0.491. The molecule has 2 unspecified atom stereocenters. The monoisotopic (exact) mass is 282 g/mol. The molecule has 16 heavy (non-hydrogen) atoms. The van der Waals surface area contributed by atoms with Crippen molar-refractivity contribution in [2.45, 2.75) is 0 Å². The van der Waals surface area contributed by atoms with Gasteiger partial charge in [-0.1, -0.05) is 6.07 Å². The SMILES string of the molecule is C[P+](=O)OP(=O)(OCS)Oc1ccccn1. The predicted molar refractivity (Wildman–Crippen MR) is 62.0 cm³/mol. The lowest BCUT2D eigenvalue weighted by molar-refractivity contribution is 0.244. The Hall–Kier alpha value is -0.450. The van der Waals surface area contributed by atoms with Crippen molar-refractivity contribution in [2.75, 3.05) is 12.6 Å². The third kappa shape index (κ3) is 4.60. The summed E-state index contributed by atoms with van der Waals surface area (Å²) in [6, 6.07) is 4.78. The van der Waals surface area contributed by atoms with Gasteiger partial charge in [0.1, 0.15) is 5.94 Å². The van der Waals surface area contributed by atoms with E-state index >= 15 is 0 Å². The molecule has 1 aromatic rings. The minimum absolute atomic E-state index is 0.0597. The standard InChI is InChI=1S/C7H9NO5P2S/c1-14(9)13-15(10,11-6-16)12-7-4-2-3-5-8-7/h2-5H,6H2,1H3/p+1. The Labute approximate surface area is 99.2 Å². The van der Waals surface area contributed by atoms with E-state index in [-0.39, 0.29) is 11.8 Å². The van der Waals surface area contributed by atoms with Gasteiger partial charge in [-0.15, -0.1) is 0 Å². The first kappa shape index (κ1) is 13.6. The average molecular weight is 282 g/mol. The van der Waals surface area contributed by atoms with Crippen LogP contribution in [0.5, 0.6) is 5.88 Å². The lowest BCUT2D eigenvalue weighted by Crippen LogP contribution is -1.99. The van der Waals surface area contributed by atoms with Crippen molar-refractivity contribution in [1.29, 1.82) is 0 Å². The van der Waals surface area contributed by atoms with Crippen LogP contribution < -0.4 is 4.52 Å². The average Bonchev–Trinajstić information content (AvgIpc) is 2.17. The van der Waals surface area contributed by atoms with Gasteiger partial charge in [0.05, 0.1) is 0 Å². The summed E-state index contributed by atoms with van der Waals surface area (Å²) >= 11 is 3.73. The van der Waals surface area contributed by atoms with Crippen molar-refractivity contribution in [1.82, 2.24) is 4.98 Å². The van der Waals surface area contributed by atoms with Gasteiger partial charge in [-0.2, -0.15) is 12.6 Å². The summed E-state index contributed by atoms with van der Waals surface area (Å²) < 4.78 is 37.0. The van der Waals surface area contributed by atoms with E-state index in [0.29, 0.717) is 0 Å². The number of aromatic nitrogens is 1. The van der Waals surface area contributed by atoms with Crippen LogP contribution >= 0.6 is 28.5 Å². The Morgan fingerprint density at radius 2 is 2.31 bits per heavy atom. The molecule has 88 valence electrons. The summed E-state index contributed by atoms with van der Waals surface area (Å²) in [5.74, 6) is -0.128. The van der Waals surface area contributed by atoms with Crippen molar-refractivity contribution < 1.29 is 22.5 Å². The van der Waals surface area contributed by atoms with Gasteiger partial charge in [0.15, 0.2) is 6.66 Å². The summed E-state index contributed by atoms with van der Waals surface area (Å²) in [4.78, 5) is 3.78. The fourth-order valence-corrected chi connectivity index (χ4v) is 3.20. The molecule has 0 radical (unpaired) electrons. The number of nitrogens with zero attached hydrogens (tertiary/aromatic N) is 1. The molecule has 0 N–H and O–H groups in total. The summed E-state index contributed by atoms with van der Waals surface area (Å²) in [5, 5.41) is 0. The maximum atomic E-state index is 11.9. The summed E-state index contributed by atoms with van der Waals surface area (Å²) in [7, 11) is -6.04. The van der Waals surface area contributed by atoms with Crippen LogP contribution in [0.2, 0.25) is 0 Å². The van der Waals surface area contributed by atoms with Crippen LogP contribution in [-0.4, -0.2) is 17.6 Å². The van der Waals surface area contributed by atoms with E-state index in [2.05, 4.69) is 21.9 Å². The molecule has 2 atom stereocenters. The molecule has 0 aliphatic carbocycles. The van der Waals surface area contributed by atoms with E-state index in [1.807, 2.05) is 0 Å². The fraction of sp³-hybridized carbons (Fsp3) is 0.286. The van der Waals surface area contributed by atoms with Crippen LogP contribution in [0.4, 0.5) is 0 Å². The van der Waals surface area contributed by atoms with E-state index in [4.69, 9.17) is 9.05 Å². The molecule has 0 aliphatic rings. The third-order valence-electron chi connectivity index (χ3n) is 1.27. The molecule has 1 rings (SSSR count). The van der Waals surface area contributed by atoms with Gasteiger partial charge in [0.2, 0.25) is 5.88 Å². The number of phosphoric acid groups is 1. The summed E-state index contributed by atoms with van der Waals surface area (Å²) in [6.45, 7) is 1.24. The maximum absolute atomic E-state index is 11.9. The molecule has 0 fully saturated rings. The van der Waals surface area contributed by atoms with Crippen molar-refractivity contribution in [3.63, 3.8) is 0 Å². The normalized spacial score (nSPS) is 15.2. The second-order valence-corrected chi connectivity index (χ2v) is 5.61. The van der Waals surface area contributed by atoms with Gasteiger partial charge in [0, 0.05) is 12.3 Å². The van der Waals surface area contributed by atoms with Crippen molar-refractivity contribution in [3.05, 3.63) is 24.4 Å². The van der Waals surface area contributed by atoms with Crippen LogP contribution in [0.3, 0.4) is 0 Å². The van der Waals surface area contributed by atoms with Gasteiger partial charge in [-0.25, -0.2) is 9.55 Å². The summed E-state index contributed by atoms with van der Waals surface area (Å²) in [6.07, 6.45) is 1.45. The Bertz CT molecular complexity index is 401. The molecule has 0 aliphatic heterocycles. The van der Waals surface area contributed by atoms with Crippen LogP contribution in [0.15, 0.2) is 24.4 Å². The lowest BCUT2D eigenvalue weighted by Gasteiger charge is -2.10.